The van der Waals surface area contributed by atoms with Crippen LogP contribution in [0, 0.1) is 11.8 Å². The number of ether oxygens (including phenoxy) is 1. The van der Waals surface area contributed by atoms with E-state index in [0.29, 0.717) is 19.5 Å². The average molecular weight is 354 g/mol. The quantitative estimate of drug-likeness (QED) is 0.781. The number of methoxy groups -OCH3 is 1. The number of nitrogens with one attached hydrogen (secondary N) is 2. The fraction of sp³-hybridized carbons (Fsp3) is 0.429. The summed E-state index contributed by atoms with van der Waals surface area (Å²) < 4.78 is 4.95. The molecule has 3 rings (SSSR count). The highest BCUT2D eigenvalue weighted by atomic mass is 16.5. The first-order valence-corrected chi connectivity index (χ1v) is 9.21. The third-order valence-corrected chi connectivity index (χ3v) is 5.02. The van der Waals surface area contributed by atoms with Gasteiger partial charge in [0.25, 0.3) is 0 Å². The lowest BCUT2D eigenvalue weighted by atomic mass is 9.95. The van der Waals surface area contributed by atoms with E-state index in [1.807, 2.05) is 18.2 Å². The summed E-state index contributed by atoms with van der Waals surface area (Å²) in [6.45, 7) is 1.98. The fourth-order valence-corrected chi connectivity index (χ4v) is 3.50. The van der Waals surface area contributed by atoms with Crippen molar-refractivity contribution < 1.29 is 14.3 Å². The molecule has 0 saturated carbocycles. The lowest BCUT2D eigenvalue weighted by molar-refractivity contribution is -0.145. The van der Waals surface area contributed by atoms with Crippen LogP contribution in [0.2, 0.25) is 0 Å². The van der Waals surface area contributed by atoms with Gasteiger partial charge in [-0.15, -0.1) is 0 Å². The molecule has 2 N–H and O–H groups in total. The zero-order valence-electron chi connectivity index (χ0n) is 15.2. The summed E-state index contributed by atoms with van der Waals surface area (Å²) in [6.07, 6.45) is 2.45. The number of hydrogen-bond donors (Lipinski definition) is 2. The van der Waals surface area contributed by atoms with Gasteiger partial charge in [0.2, 0.25) is 5.91 Å². The highest BCUT2D eigenvalue weighted by Gasteiger charge is 2.24. The molecule has 5 nitrogen and oxygen atoms in total. The lowest BCUT2D eigenvalue weighted by Gasteiger charge is -2.23. The van der Waals surface area contributed by atoms with Crippen molar-refractivity contribution in [3.63, 3.8) is 0 Å². The summed E-state index contributed by atoms with van der Waals surface area (Å²) >= 11 is 0. The van der Waals surface area contributed by atoms with Crippen LogP contribution in [0.1, 0.15) is 18.4 Å². The molecule has 138 valence electrons. The number of piperidine rings is 1. The van der Waals surface area contributed by atoms with Gasteiger partial charge in [-0.2, -0.15) is 0 Å². The highest BCUT2D eigenvalue weighted by Crippen LogP contribution is 2.19. The third-order valence-electron chi connectivity index (χ3n) is 5.02. The maximum Gasteiger partial charge on any atom is 0.310 e. The molecule has 2 aromatic rings. The van der Waals surface area contributed by atoms with Crippen molar-refractivity contribution in [1.29, 1.82) is 0 Å². The summed E-state index contributed by atoms with van der Waals surface area (Å²) in [5, 5.41) is 8.50. The molecule has 26 heavy (non-hydrogen) atoms. The Morgan fingerprint density at radius 3 is 2.77 bits per heavy atom. The van der Waals surface area contributed by atoms with E-state index in [0.717, 1.165) is 30.3 Å². The first-order valence-electron chi connectivity index (χ1n) is 9.21. The molecule has 2 aromatic carbocycles. The largest absolute Gasteiger partial charge is 0.469 e. The molecule has 1 saturated heterocycles. The lowest BCUT2D eigenvalue weighted by Crippen LogP contribution is -2.43. The van der Waals surface area contributed by atoms with Gasteiger partial charge in [0.1, 0.15) is 0 Å². The van der Waals surface area contributed by atoms with E-state index >= 15 is 0 Å². The maximum atomic E-state index is 12.3. The van der Waals surface area contributed by atoms with E-state index in [1.54, 1.807) is 0 Å². The first kappa shape index (κ1) is 18.4. The smallest absolute Gasteiger partial charge is 0.310 e. The van der Waals surface area contributed by atoms with Crippen molar-refractivity contribution in [1.82, 2.24) is 10.6 Å². The number of carbonyl (C=O) groups is 2. The predicted octanol–water partition coefficient (Wildman–Crippen LogP) is 2.29. The molecule has 2 atom stereocenters. The number of benzene rings is 2. The highest BCUT2D eigenvalue weighted by molar-refractivity contribution is 5.83. The van der Waals surface area contributed by atoms with Gasteiger partial charge in [-0.25, -0.2) is 0 Å². The van der Waals surface area contributed by atoms with Gasteiger partial charge in [-0.05, 0) is 42.1 Å². The number of rotatable bonds is 6. The van der Waals surface area contributed by atoms with E-state index in [1.165, 1.54) is 12.5 Å². The van der Waals surface area contributed by atoms with Crippen LogP contribution in [-0.4, -0.2) is 38.6 Å². The zero-order chi connectivity index (χ0) is 18.4. The molecule has 0 bridgehead atoms. The van der Waals surface area contributed by atoms with Crippen LogP contribution < -0.4 is 10.6 Å². The Balaban J connectivity index is 1.65. The second kappa shape index (κ2) is 8.81. The van der Waals surface area contributed by atoms with E-state index in [9.17, 15) is 9.59 Å². The molecule has 1 amide bonds. The molecule has 1 fully saturated rings. The number of carbonyl (C=O) groups excluding carboxylic acids is 2. The Morgan fingerprint density at radius 2 is 2.04 bits per heavy atom. The summed E-state index contributed by atoms with van der Waals surface area (Å²) in [7, 11) is 1.39. The van der Waals surface area contributed by atoms with Crippen LogP contribution in [0.5, 0.6) is 0 Å². The number of hydrogen-bond acceptors (Lipinski definition) is 4. The minimum Gasteiger partial charge on any atom is -0.469 e. The third kappa shape index (κ3) is 4.61. The number of esters is 1. The molecule has 0 spiro atoms. The molecule has 2 unspecified atom stereocenters. The fourth-order valence-electron chi connectivity index (χ4n) is 3.50. The van der Waals surface area contributed by atoms with E-state index in [-0.39, 0.29) is 23.7 Å². The molecule has 1 aliphatic heterocycles. The van der Waals surface area contributed by atoms with Crippen LogP contribution in [0.4, 0.5) is 0 Å². The van der Waals surface area contributed by atoms with Crippen LogP contribution in [0.25, 0.3) is 10.8 Å². The summed E-state index contributed by atoms with van der Waals surface area (Å²) in [5.74, 6) is -0.672. The topological polar surface area (TPSA) is 67.4 Å². The van der Waals surface area contributed by atoms with Crippen molar-refractivity contribution in [2.24, 2.45) is 11.8 Å². The van der Waals surface area contributed by atoms with Crippen LogP contribution in [0.15, 0.2) is 42.5 Å². The molecular formula is C21H26N2O3. The standard InChI is InChI=1S/C21H26N2O3/c1-26-21(25)19(14-23-20(24)18-7-4-10-22-13-18)12-15-8-9-16-5-2-3-6-17(16)11-15/h2-3,5-6,8-9,11,18-19,22H,4,7,10,12-14H2,1H3,(H,23,24). The average Bonchev–Trinajstić information content (AvgIpc) is 2.70. The van der Waals surface area contributed by atoms with Gasteiger partial charge in [-0.1, -0.05) is 42.5 Å². The van der Waals surface area contributed by atoms with Crippen molar-refractivity contribution in [2.45, 2.75) is 19.3 Å². The van der Waals surface area contributed by atoms with Gasteiger partial charge >= 0.3 is 5.97 Å². The van der Waals surface area contributed by atoms with E-state index in [2.05, 4.69) is 34.9 Å². The summed E-state index contributed by atoms with van der Waals surface area (Å²) in [5.41, 5.74) is 1.06. The van der Waals surface area contributed by atoms with Crippen molar-refractivity contribution in [3.8, 4) is 0 Å². The molecular weight excluding hydrogens is 328 g/mol. The first-order chi connectivity index (χ1) is 12.7. The minimum absolute atomic E-state index is 0.0114. The number of fused-ring (bicyclic) bond motifs is 1. The van der Waals surface area contributed by atoms with Gasteiger partial charge in [0, 0.05) is 13.1 Å². The zero-order valence-corrected chi connectivity index (χ0v) is 15.2. The van der Waals surface area contributed by atoms with Gasteiger partial charge in [0.05, 0.1) is 18.9 Å². The van der Waals surface area contributed by atoms with Crippen LogP contribution >= 0.6 is 0 Å². The number of amides is 1. The second-order valence-corrected chi connectivity index (χ2v) is 6.89. The Morgan fingerprint density at radius 1 is 1.23 bits per heavy atom. The predicted molar refractivity (Wildman–Crippen MR) is 102 cm³/mol. The van der Waals surface area contributed by atoms with Gasteiger partial charge < -0.3 is 15.4 Å². The van der Waals surface area contributed by atoms with Crippen LogP contribution in [0.3, 0.4) is 0 Å². The van der Waals surface area contributed by atoms with Crippen molar-refractivity contribution >= 4 is 22.6 Å². The van der Waals surface area contributed by atoms with E-state index in [4.69, 9.17) is 4.74 Å². The molecule has 0 aliphatic carbocycles. The molecule has 0 radical (unpaired) electrons. The van der Waals surface area contributed by atoms with Gasteiger partial charge in [-0.3, -0.25) is 9.59 Å². The van der Waals surface area contributed by atoms with Gasteiger partial charge in [0.15, 0.2) is 0 Å². The Kier molecular flexibility index (Phi) is 6.23. The minimum atomic E-state index is -0.387. The molecule has 1 aliphatic rings. The second-order valence-electron chi connectivity index (χ2n) is 6.89. The monoisotopic (exact) mass is 354 g/mol. The summed E-state index contributed by atoms with van der Waals surface area (Å²) in [4.78, 5) is 24.5. The van der Waals surface area contributed by atoms with Crippen molar-refractivity contribution in [3.05, 3.63) is 48.0 Å². The van der Waals surface area contributed by atoms with Crippen molar-refractivity contribution in [2.75, 3.05) is 26.7 Å². The Hall–Kier alpha value is -2.40. The maximum absolute atomic E-state index is 12.3. The van der Waals surface area contributed by atoms with Crippen LogP contribution in [-0.2, 0) is 20.7 Å². The molecule has 5 heteroatoms. The summed E-state index contributed by atoms with van der Waals surface area (Å²) in [6, 6.07) is 14.3. The molecule has 0 aromatic heterocycles. The Bertz CT molecular complexity index is 769. The van der Waals surface area contributed by atoms with E-state index < -0.39 is 0 Å². The Labute approximate surface area is 154 Å². The molecule has 1 heterocycles. The SMILES string of the molecule is COC(=O)C(CNC(=O)C1CCCNC1)Cc1ccc2ccccc2c1. The normalized spacial score (nSPS) is 18.3.